The van der Waals surface area contributed by atoms with E-state index in [1.807, 2.05) is 36.5 Å². The standard InChI is InChI=1S/C15H18N4O2/c1-18(2)15(21)9-16-14(20)11-19-10-13(8-17-19)12-6-4-3-5-7-12/h3-8,10H,9,11H2,1-2H3,(H,16,20). The molecule has 2 amide bonds. The van der Waals surface area contributed by atoms with E-state index in [4.69, 9.17) is 0 Å². The number of hydrogen-bond acceptors (Lipinski definition) is 3. The molecule has 1 aromatic carbocycles. The van der Waals surface area contributed by atoms with E-state index in [-0.39, 0.29) is 24.9 Å². The maximum atomic E-state index is 11.7. The second-order valence-electron chi connectivity index (χ2n) is 4.86. The van der Waals surface area contributed by atoms with E-state index in [0.29, 0.717) is 0 Å². The lowest BCUT2D eigenvalue weighted by molar-refractivity contribution is -0.131. The Labute approximate surface area is 123 Å². The van der Waals surface area contributed by atoms with Crippen molar-refractivity contribution < 1.29 is 9.59 Å². The zero-order valence-corrected chi connectivity index (χ0v) is 12.1. The van der Waals surface area contributed by atoms with Crippen LogP contribution in [0.5, 0.6) is 0 Å². The molecule has 0 saturated heterocycles. The van der Waals surface area contributed by atoms with E-state index in [0.717, 1.165) is 11.1 Å². The van der Waals surface area contributed by atoms with Crippen LogP contribution in [-0.4, -0.2) is 47.1 Å². The number of amides is 2. The third kappa shape index (κ3) is 4.17. The first kappa shape index (κ1) is 14.8. The number of likely N-dealkylation sites (N-methyl/N-ethyl adjacent to an activating group) is 1. The summed E-state index contributed by atoms with van der Waals surface area (Å²) in [4.78, 5) is 24.6. The van der Waals surface area contributed by atoms with Crippen molar-refractivity contribution in [3.05, 3.63) is 42.7 Å². The summed E-state index contributed by atoms with van der Waals surface area (Å²) in [7, 11) is 3.29. The average Bonchev–Trinajstić information content (AvgIpc) is 2.94. The van der Waals surface area contributed by atoms with Crippen molar-refractivity contribution in [2.45, 2.75) is 6.54 Å². The van der Waals surface area contributed by atoms with Crippen LogP contribution in [0.25, 0.3) is 11.1 Å². The van der Waals surface area contributed by atoms with E-state index in [2.05, 4.69) is 10.4 Å². The monoisotopic (exact) mass is 286 g/mol. The molecule has 2 aromatic rings. The van der Waals surface area contributed by atoms with Crippen molar-refractivity contribution in [3.63, 3.8) is 0 Å². The lowest BCUT2D eigenvalue weighted by Crippen LogP contribution is -2.37. The second-order valence-corrected chi connectivity index (χ2v) is 4.86. The molecule has 6 heteroatoms. The van der Waals surface area contributed by atoms with Crippen molar-refractivity contribution in [1.82, 2.24) is 20.0 Å². The average molecular weight is 286 g/mol. The van der Waals surface area contributed by atoms with Crippen molar-refractivity contribution in [2.75, 3.05) is 20.6 Å². The van der Waals surface area contributed by atoms with Gasteiger partial charge >= 0.3 is 0 Å². The molecule has 21 heavy (non-hydrogen) atoms. The number of nitrogens with one attached hydrogen (secondary N) is 1. The van der Waals surface area contributed by atoms with E-state index >= 15 is 0 Å². The summed E-state index contributed by atoms with van der Waals surface area (Å²) < 4.78 is 1.55. The Morgan fingerprint density at radius 1 is 1.19 bits per heavy atom. The summed E-state index contributed by atoms with van der Waals surface area (Å²) in [5.41, 5.74) is 2.00. The molecule has 0 aliphatic carbocycles. The zero-order valence-electron chi connectivity index (χ0n) is 12.1. The Hall–Kier alpha value is -2.63. The highest BCUT2D eigenvalue weighted by molar-refractivity contribution is 5.84. The Bertz CT molecular complexity index is 620. The van der Waals surface area contributed by atoms with Gasteiger partial charge in [-0.25, -0.2) is 0 Å². The van der Waals surface area contributed by atoms with Crippen LogP contribution in [0.15, 0.2) is 42.7 Å². The molecule has 1 heterocycles. The van der Waals surface area contributed by atoms with Gasteiger partial charge in [0.1, 0.15) is 6.54 Å². The number of carbonyl (C=O) groups is 2. The molecule has 0 aliphatic heterocycles. The maximum absolute atomic E-state index is 11.7. The van der Waals surface area contributed by atoms with Crippen molar-refractivity contribution >= 4 is 11.8 Å². The first-order valence-electron chi connectivity index (χ1n) is 6.61. The quantitative estimate of drug-likeness (QED) is 0.882. The lowest BCUT2D eigenvalue weighted by atomic mass is 10.1. The minimum atomic E-state index is -0.243. The Morgan fingerprint density at radius 3 is 2.57 bits per heavy atom. The van der Waals surface area contributed by atoms with Crippen LogP contribution in [0.4, 0.5) is 0 Å². The first-order chi connectivity index (χ1) is 10.1. The first-order valence-corrected chi connectivity index (χ1v) is 6.61. The molecule has 0 saturated carbocycles. The Balaban J connectivity index is 1.91. The maximum Gasteiger partial charge on any atom is 0.242 e. The van der Waals surface area contributed by atoms with Crippen molar-refractivity contribution in [1.29, 1.82) is 0 Å². The summed E-state index contributed by atoms with van der Waals surface area (Å²) in [6.07, 6.45) is 3.52. The van der Waals surface area contributed by atoms with E-state index < -0.39 is 0 Å². The predicted octanol–water partition coefficient (Wildman–Crippen LogP) is 0.754. The van der Waals surface area contributed by atoms with Crippen LogP contribution < -0.4 is 5.32 Å². The summed E-state index contributed by atoms with van der Waals surface area (Å²) in [6.45, 7) is 0.0895. The minimum Gasteiger partial charge on any atom is -0.347 e. The number of aromatic nitrogens is 2. The smallest absolute Gasteiger partial charge is 0.242 e. The molecule has 2 rings (SSSR count). The van der Waals surface area contributed by atoms with Gasteiger partial charge in [0, 0.05) is 25.9 Å². The molecule has 0 spiro atoms. The van der Waals surface area contributed by atoms with Gasteiger partial charge in [-0.1, -0.05) is 30.3 Å². The highest BCUT2D eigenvalue weighted by atomic mass is 16.2. The van der Waals surface area contributed by atoms with Gasteiger partial charge in [-0.3, -0.25) is 14.3 Å². The predicted molar refractivity (Wildman–Crippen MR) is 79.4 cm³/mol. The fourth-order valence-electron chi connectivity index (χ4n) is 1.77. The molecule has 0 radical (unpaired) electrons. The van der Waals surface area contributed by atoms with Crippen LogP contribution in [0.3, 0.4) is 0 Å². The van der Waals surface area contributed by atoms with Crippen LogP contribution in [0, 0.1) is 0 Å². The number of carbonyl (C=O) groups excluding carboxylic acids is 2. The molecule has 110 valence electrons. The van der Waals surface area contributed by atoms with Gasteiger partial charge in [-0.15, -0.1) is 0 Å². The fraction of sp³-hybridized carbons (Fsp3) is 0.267. The van der Waals surface area contributed by atoms with Gasteiger partial charge in [0.05, 0.1) is 12.7 Å². The van der Waals surface area contributed by atoms with Gasteiger partial charge in [0.15, 0.2) is 0 Å². The van der Waals surface area contributed by atoms with E-state index in [1.54, 1.807) is 25.0 Å². The molecule has 0 bridgehead atoms. The molecule has 0 unspecified atom stereocenters. The summed E-state index contributed by atoms with van der Waals surface area (Å²) in [5, 5.41) is 6.73. The number of rotatable bonds is 5. The highest BCUT2D eigenvalue weighted by Gasteiger charge is 2.09. The van der Waals surface area contributed by atoms with Crippen molar-refractivity contribution in [3.8, 4) is 11.1 Å². The third-order valence-electron chi connectivity index (χ3n) is 2.98. The summed E-state index contributed by atoms with van der Waals surface area (Å²) >= 11 is 0. The molecule has 1 aromatic heterocycles. The molecular formula is C15H18N4O2. The largest absolute Gasteiger partial charge is 0.347 e. The fourth-order valence-corrected chi connectivity index (χ4v) is 1.77. The molecule has 0 atom stereocenters. The Morgan fingerprint density at radius 2 is 1.90 bits per heavy atom. The van der Waals surface area contributed by atoms with E-state index in [9.17, 15) is 9.59 Å². The minimum absolute atomic E-state index is 0.00134. The molecule has 1 N–H and O–H groups in total. The topological polar surface area (TPSA) is 67.2 Å². The van der Waals surface area contributed by atoms with Gasteiger partial charge in [-0.05, 0) is 5.56 Å². The van der Waals surface area contributed by atoms with Crippen LogP contribution in [0.1, 0.15) is 0 Å². The van der Waals surface area contributed by atoms with Gasteiger partial charge in [0.25, 0.3) is 0 Å². The SMILES string of the molecule is CN(C)C(=O)CNC(=O)Cn1cc(-c2ccccc2)cn1. The van der Waals surface area contributed by atoms with Gasteiger partial charge in [-0.2, -0.15) is 5.10 Å². The zero-order chi connectivity index (χ0) is 15.2. The molecule has 6 nitrogen and oxygen atoms in total. The van der Waals surface area contributed by atoms with Crippen molar-refractivity contribution in [2.24, 2.45) is 0 Å². The highest BCUT2D eigenvalue weighted by Crippen LogP contribution is 2.17. The second kappa shape index (κ2) is 6.69. The van der Waals surface area contributed by atoms with Crippen LogP contribution >= 0.6 is 0 Å². The number of benzene rings is 1. The van der Waals surface area contributed by atoms with Gasteiger partial charge < -0.3 is 10.2 Å². The van der Waals surface area contributed by atoms with Crippen LogP contribution in [-0.2, 0) is 16.1 Å². The summed E-state index contributed by atoms with van der Waals surface area (Å²) in [6, 6.07) is 9.82. The van der Waals surface area contributed by atoms with Crippen LogP contribution in [0.2, 0.25) is 0 Å². The molecular weight excluding hydrogens is 268 g/mol. The summed E-state index contributed by atoms with van der Waals surface area (Å²) in [5.74, 6) is -0.387. The molecule has 0 fully saturated rings. The molecule has 0 aliphatic rings. The Kier molecular flexibility index (Phi) is 4.71. The number of nitrogens with zero attached hydrogens (tertiary/aromatic N) is 3. The van der Waals surface area contributed by atoms with E-state index in [1.165, 1.54) is 4.90 Å². The third-order valence-corrected chi connectivity index (χ3v) is 2.98. The lowest BCUT2D eigenvalue weighted by Gasteiger charge is -2.10. The number of hydrogen-bond donors (Lipinski definition) is 1. The normalized spacial score (nSPS) is 10.2. The van der Waals surface area contributed by atoms with Gasteiger partial charge in [0.2, 0.25) is 11.8 Å².